The first kappa shape index (κ1) is 20.6. The molecule has 0 bridgehead atoms. The highest BCUT2D eigenvalue weighted by molar-refractivity contribution is 7.92. The van der Waals surface area contributed by atoms with Gasteiger partial charge in [0.1, 0.15) is 0 Å². The zero-order valence-corrected chi connectivity index (χ0v) is 16.9. The van der Waals surface area contributed by atoms with Crippen LogP contribution in [0.5, 0.6) is 0 Å². The van der Waals surface area contributed by atoms with Gasteiger partial charge in [0.15, 0.2) is 0 Å². The number of amides is 1. The van der Waals surface area contributed by atoms with Crippen LogP contribution in [-0.2, 0) is 16.4 Å². The number of anilines is 1. The zero-order valence-electron chi connectivity index (χ0n) is 15.3. The standard InChI is InChI=1S/C20H23ClN2O4S/c21-18-9-8-16(13-19(18)23-10-4-5-11-28(23,26)27)20(25)22-17(14-24)12-15-6-2-1-3-7-15/h1-3,6-9,13,17,24H,4-5,10-12,14H2,(H,22,25)/t17-/m0/s1. The maximum Gasteiger partial charge on any atom is 0.251 e. The Morgan fingerprint density at radius 2 is 1.93 bits per heavy atom. The van der Waals surface area contributed by atoms with Crippen LogP contribution in [0.3, 0.4) is 0 Å². The summed E-state index contributed by atoms with van der Waals surface area (Å²) in [5.41, 5.74) is 1.61. The summed E-state index contributed by atoms with van der Waals surface area (Å²) in [6, 6.07) is 13.7. The number of hydrogen-bond donors (Lipinski definition) is 2. The highest BCUT2D eigenvalue weighted by Crippen LogP contribution is 2.31. The second-order valence-corrected chi connectivity index (χ2v) is 9.22. The van der Waals surface area contributed by atoms with E-state index < -0.39 is 16.1 Å². The number of halogens is 1. The molecule has 3 rings (SSSR count). The van der Waals surface area contributed by atoms with Gasteiger partial charge < -0.3 is 10.4 Å². The third-order valence-electron chi connectivity index (χ3n) is 4.71. The van der Waals surface area contributed by atoms with Crippen molar-refractivity contribution in [3.8, 4) is 0 Å². The summed E-state index contributed by atoms with van der Waals surface area (Å²) in [4.78, 5) is 12.7. The minimum Gasteiger partial charge on any atom is -0.394 e. The van der Waals surface area contributed by atoms with Gasteiger partial charge >= 0.3 is 0 Å². The van der Waals surface area contributed by atoms with Crippen molar-refractivity contribution in [2.45, 2.75) is 25.3 Å². The molecule has 1 atom stereocenters. The van der Waals surface area contributed by atoms with Crippen molar-refractivity contribution in [2.24, 2.45) is 0 Å². The van der Waals surface area contributed by atoms with Gasteiger partial charge in [0.05, 0.1) is 29.1 Å². The summed E-state index contributed by atoms with van der Waals surface area (Å²) in [6.07, 6.45) is 1.86. The molecular formula is C20H23ClN2O4S. The second kappa shape index (κ2) is 8.94. The van der Waals surface area contributed by atoms with Crippen molar-refractivity contribution >= 4 is 33.2 Å². The molecule has 2 N–H and O–H groups in total. The molecule has 1 aliphatic heterocycles. The SMILES string of the molecule is O=C(N[C@H](CO)Cc1ccccc1)c1ccc(Cl)c(N2CCCCS2(=O)=O)c1. The van der Waals surface area contributed by atoms with Gasteiger partial charge in [-0.3, -0.25) is 9.10 Å². The molecule has 2 aromatic rings. The van der Waals surface area contributed by atoms with Crippen LogP contribution in [0.2, 0.25) is 5.02 Å². The number of aliphatic hydroxyl groups excluding tert-OH is 1. The number of benzene rings is 2. The normalized spacial score (nSPS) is 17.1. The van der Waals surface area contributed by atoms with E-state index in [1.807, 2.05) is 30.3 Å². The summed E-state index contributed by atoms with van der Waals surface area (Å²) in [5, 5.41) is 12.7. The van der Waals surface area contributed by atoms with E-state index in [0.29, 0.717) is 30.6 Å². The number of aliphatic hydroxyl groups is 1. The lowest BCUT2D eigenvalue weighted by atomic mass is 10.1. The molecular weight excluding hydrogens is 400 g/mol. The second-order valence-electron chi connectivity index (χ2n) is 6.80. The Morgan fingerprint density at radius 3 is 2.61 bits per heavy atom. The Morgan fingerprint density at radius 1 is 1.18 bits per heavy atom. The summed E-state index contributed by atoms with van der Waals surface area (Å²) in [5.74, 6) is -0.314. The van der Waals surface area contributed by atoms with Gasteiger partial charge in [-0.2, -0.15) is 0 Å². The molecule has 1 aliphatic rings. The maximum absolute atomic E-state index is 12.7. The van der Waals surface area contributed by atoms with Crippen molar-refractivity contribution in [1.29, 1.82) is 0 Å². The van der Waals surface area contributed by atoms with E-state index in [4.69, 9.17) is 11.6 Å². The summed E-state index contributed by atoms with van der Waals surface area (Å²) in [7, 11) is -3.43. The Hall–Kier alpha value is -2.09. The fourth-order valence-electron chi connectivity index (χ4n) is 3.23. The molecule has 1 fully saturated rings. The van der Waals surface area contributed by atoms with Crippen molar-refractivity contribution in [3.63, 3.8) is 0 Å². The largest absolute Gasteiger partial charge is 0.394 e. The molecule has 0 saturated carbocycles. The third kappa shape index (κ3) is 4.84. The van der Waals surface area contributed by atoms with Crippen molar-refractivity contribution in [2.75, 3.05) is 23.2 Å². The Kier molecular flexibility index (Phi) is 6.59. The van der Waals surface area contributed by atoms with Gasteiger partial charge in [-0.25, -0.2) is 8.42 Å². The van der Waals surface area contributed by atoms with Gasteiger partial charge in [-0.15, -0.1) is 0 Å². The lowest BCUT2D eigenvalue weighted by Crippen LogP contribution is -2.40. The summed E-state index contributed by atoms with van der Waals surface area (Å²) >= 11 is 6.22. The predicted octanol–water partition coefficient (Wildman–Crippen LogP) is 2.60. The fraction of sp³-hybridized carbons (Fsp3) is 0.350. The van der Waals surface area contributed by atoms with Gasteiger partial charge in [0.25, 0.3) is 5.91 Å². The first-order chi connectivity index (χ1) is 13.4. The molecule has 0 unspecified atom stereocenters. The van der Waals surface area contributed by atoms with Gasteiger partial charge in [-0.1, -0.05) is 41.9 Å². The average molecular weight is 423 g/mol. The van der Waals surface area contributed by atoms with Crippen molar-refractivity contribution in [1.82, 2.24) is 5.32 Å². The van der Waals surface area contributed by atoms with Crippen LogP contribution in [0.15, 0.2) is 48.5 Å². The Labute approximate surface area is 170 Å². The topological polar surface area (TPSA) is 86.7 Å². The molecule has 0 radical (unpaired) electrons. The zero-order chi connectivity index (χ0) is 20.1. The minimum atomic E-state index is -3.43. The smallest absolute Gasteiger partial charge is 0.251 e. The van der Waals surface area contributed by atoms with Crippen LogP contribution in [0.25, 0.3) is 0 Å². The van der Waals surface area contributed by atoms with Gasteiger partial charge in [-0.05, 0) is 43.0 Å². The number of hydrogen-bond acceptors (Lipinski definition) is 4. The van der Waals surface area contributed by atoms with E-state index in [1.165, 1.54) is 16.4 Å². The predicted molar refractivity (Wildman–Crippen MR) is 110 cm³/mol. The van der Waals surface area contributed by atoms with E-state index in [1.54, 1.807) is 6.07 Å². The molecule has 6 nitrogen and oxygen atoms in total. The highest BCUT2D eigenvalue weighted by Gasteiger charge is 2.28. The molecule has 2 aromatic carbocycles. The van der Waals surface area contributed by atoms with E-state index in [2.05, 4.69) is 5.32 Å². The first-order valence-corrected chi connectivity index (χ1v) is 11.1. The molecule has 28 heavy (non-hydrogen) atoms. The number of nitrogens with one attached hydrogen (secondary N) is 1. The highest BCUT2D eigenvalue weighted by atomic mass is 35.5. The van der Waals surface area contributed by atoms with Gasteiger partial charge in [0, 0.05) is 12.1 Å². The molecule has 0 aromatic heterocycles. The lowest BCUT2D eigenvalue weighted by Gasteiger charge is -2.29. The van der Waals surface area contributed by atoms with Crippen molar-refractivity contribution < 1.29 is 18.3 Å². The molecule has 0 spiro atoms. The number of carbonyl (C=O) groups excluding carboxylic acids is 1. The summed E-state index contributed by atoms with van der Waals surface area (Å²) in [6.45, 7) is 0.141. The maximum atomic E-state index is 12.7. The average Bonchev–Trinajstić information content (AvgIpc) is 2.68. The monoisotopic (exact) mass is 422 g/mol. The van der Waals surface area contributed by atoms with Crippen LogP contribution < -0.4 is 9.62 Å². The molecule has 8 heteroatoms. The van der Waals surface area contributed by atoms with Crippen molar-refractivity contribution in [3.05, 3.63) is 64.7 Å². The molecule has 150 valence electrons. The van der Waals surface area contributed by atoms with Crippen LogP contribution in [0, 0.1) is 0 Å². The number of sulfonamides is 1. The molecule has 1 heterocycles. The van der Waals surface area contributed by atoms with E-state index in [9.17, 15) is 18.3 Å². The Balaban J connectivity index is 1.78. The first-order valence-electron chi connectivity index (χ1n) is 9.16. The number of carbonyl (C=O) groups is 1. The van der Waals surface area contributed by atoms with Crippen LogP contribution >= 0.6 is 11.6 Å². The van der Waals surface area contributed by atoms with Gasteiger partial charge in [0.2, 0.25) is 10.0 Å². The third-order valence-corrected chi connectivity index (χ3v) is 6.88. The van der Waals surface area contributed by atoms with E-state index in [-0.39, 0.29) is 23.3 Å². The number of nitrogens with zero attached hydrogens (tertiary/aromatic N) is 1. The quantitative estimate of drug-likeness (QED) is 0.749. The Bertz CT molecular complexity index is 934. The van der Waals surface area contributed by atoms with Crippen LogP contribution in [0.1, 0.15) is 28.8 Å². The minimum absolute atomic E-state index is 0.0728. The summed E-state index contributed by atoms with van der Waals surface area (Å²) < 4.78 is 26.0. The number of rotatable bonds is 6. The van der Waals surface area contributed by atoms with E-state index >= 15 is 0 Å². The lowest BCUT2D eigenvalue weighted by molar-refractivity contribution is 0.0916. The molecule has 1 saturated heterocycles. The van der Waals surface area contributed by atoms with Crippen LogP contribution in [-0.4, -0.2) is 44.4 Å². The van der Waals surface area contributed by atoms with E-state index in [0.717, 1.165) is 12.0 Å². The van der Waals surface area contributed by atoms with Crippen LogP contribution in [0.4, 0.5) is 5.69 Å². The molecule has 1 amide bonds. The fourth-order valence-corrected chi connectivity index (χ4v) is 5.15. The molecule has 0 aliphatic carbocycles.